The van der Waals surface area contributed by atoms with Gasteiger partial charge in [-0.25, -0.2) is 4.79 Å². The van der Waals surface area contributed by atoms with Crippen LogP contribution >= 0.6 is 0 Å². The first-order valence-corrected chi connectivity index (χ1v) is 4.84. The van der Waals surface area contributed by atoms with Gasteiger partial charge in [-0.2, -0.15) is 0 Å². The zero-order chi connectivity index (χ0) is 9.26. The Morgan fingerprint density at radius 3 is 2.77 bits per heavy atom. The monoisotopic (exact) mass is 178 g/mol. The number of fused-ring (bicyclic) bond motifs is 1. The molecule has 0 aromatic carbocycles. The second-order valence-electron chi connectivity index (χ2n) is 3.70. The van der Waals surface area contributed by atoms with Gasteiger partial charge < -0.3 is 4.74 Å². The van der Waals surface area contributed by atoms with E-state index >= 15 is 0 Å². The van der Waals surface area contributed by atoms with Crippen LogP contribution in [0.5, 0.6) is 0 Å². The van der Waals surface area contributed by atoms with Crippen molar-refractivity contribution in [3.05, 3.63) is 24.3 Å². The first-order valence-electron chi connectivity index (χ1n) is 4.84. The van der Waals surface area contributed by atoms with Gasteiger partial charge in [0.1, 0.15) is 6.10 Å². The predicted molar refractivity (Wildman–Crippen MR) is 50.1 cm³/mol. The maximum absolute atomic E-state index is 11.2. The Morgan fingerprint density at radius 1 is 1.31 bits per heavy atom. The van der Waals surface area contributed by atoms with Crippen molar-refractivity contribution in [2.45, 2.75) is 31.8 Å². The number of rotatable bonds is 0. The van der Waals surface area contributed by atoms with Gasteiger partial charge in [0.15, 0.2) is 0 Å². The molecular formula is C11H14O2. The van der Waals surface area contributed by atoms with E-state index in [0.29, 0.717) is 5.57 Å². The molecule has 2 aliphatic rings. The fraction of sp³-hybridized carbons (Fsp3) is 0.545. The number of carbonyl (C=O) groups is 1. The lowest BCUT2D eigenvalue weighted by atomic mass is 9.88. The van der Waals surface area contributed by atoms with Crippen LogP contribution in [0.4, 0.5) is 0 Å². The number of allylic oxidation sites excluding steroid dienone is 2. The number of ether oxygens (including phenoxy) is 1. The van der Waals surface area contributed by atoms with Gasteiger partial charge in [-0.1, -0.05) is 18.7 Å². The number of hydrogen-bond acceptors (Lipinski definition) is 2. The van der Waals surface area contributed by atoms with Crippen LogP contribution in [0.3, 0.4) is 0 Å². The van der Waals surface area contributed by atoms with Crippen LogP contribution in [0.1, 0.15) is 25.7 Å². The molecule has 2 atom stereocenters. The van der Waals surface area contributed by atoms with Gasteiger partial charge in [-0.3, -0.25) is 0 Å². The molecule has 70 valence electrons. The highest BCUT2D eigenvalue weighted by molar-refractivity contribution is 5.90. The summed E-state index contributed by atoms with van der Waals surface area (Å²) in [6.45, 7) is 3.79. The zero-order valence-electron chi connectivity index (χ0n) is 7.66. The smallest absolute Gasteiger partial charge is 0.334 e. The zero-order valence-corrected chi connectivity index (χ0v) is 7.66. The highest BCUT2D eigenvalue weighted by atomic mass is 16.6. The highest BCUT2D eigenvalue weighted by Gasteiger charge is 2.37. The summed E-state index contributed by atoms with van der Waals surface area (Å²) in [6.07, 6.45) is 8.47. The molecule has 0 unspecified atom stereocenters. The average molecular weight is 178 g/mol. The molecular weight excluding hydrogens is 164 g/mol. The Labute approximate surface area is 78.3 Å². The fourth-order valence-corrected chi connectivity index (χ4v) is 2.06. The molecule has 0 bridgehead atoms. The summed E-state index contributed by atoms with van der Waals surface area (Å²) in [5.74, 6) is 0.0920. The molecule has 2 rings (SSSR count). The second kappa shape index (κ2) is 3.36. The molecule has 1 aliphatic heterocycles. The summed E-state index contributed by atoms with van der Waals surface area (Å²) in [6, 6.07) is 0. The van der Waals surface area contributed by atoms with Crippen molar-refractivity contribution in [3.8, 4) is 0 Å². The third-order valence-corrected chi connectivity index (χ3v) is 2.85. The molecule has 0 aromatic heterocycles. The van der Waals surface area contributed by atoms with Crippen molar-refractivity contribution < 1.29 is 9.53 Å². The van der Waals surface area contributed by atoms with Crippen molar-refractivity contribution in [2.24, 2.45) is 5.92 Å². The number of carbonyl (C=O) groups excluding carboxylic acids is 1. The molecule has 0 amide bonds. The molecule has 1 saturated heterocycles. The first-order chi connectivity index (χ1) is 6.29. The molecule has 1 aliphatic carbocycles. The number of hydrogen-bond donors (Lipinski definition) is 0. The minimum Gasteiger partial charge on any atom is -0.458 e. The summed E-state index contributed by atoms with van der Waals surface area (Å²) in [5.41, 5.74) is 0.681. The average Bonchev–Trinajstić information content (AvgIpc) is 2.31. The lowest BCUT2D eigenvalue weighted by molar-refractivity contribution is -0.139. The Bertz CT molecular complexity index is 265. The van der Waals surface area contributed by atoms with Gasteiger partial charge in [0.05, 0.1) is 0 Å². The third kappa shape index (κ3) is 1.53. The van der Waals surface area contributed by atoms with Crippen LogP contribution in [0, 0.1) is 5.92 Å². The standard InChI is InChI=1S/C11H14O2/c1-8-9-6-4-2-3-5-7-10(9)13-11(8)12/h2-3,9-10H,1,4-7H2/b3-2-/t9-,10+/m1/s1. The van der Waals surface area contributed by atoms with Crippen LogP contribution in [0.2, 0.25) is 0 Å². The minimum absolute atomic E-state index is 0.102. The van der Waals surface area contributed by atoms with Gasteiger partial charge >= 0.3 is 5.97 Å². The molecule has 0 N–H and O–H groups in total. The molecule has 1 fully saturated rings. The predicted octanol–water partition coefficient (Wildman–Crippen LogP) is 2.21. The van der Waals surface area contributed by atoms with Crippen molar-refractivity contribution in [2.75, 3.05) is 0 Å². The first kappa shape index (κ1) is 8.54. The molecule has 2 heteroatoms. The molecule has 0 aromatic rings. The molecule has 0 saturated carbocycles. The van der Waals surface area contributed by atoms with E-state index in [0.717, 1.165) is 25.7 Å². The van der Waals surface area contributed by atoms with E-state index in [2.05, 4.69) is 18.7 Å². The van der Waals surface area contributed by atoms with Gasteiger partial charge in [0.25, 0.3) is 0 Å². The largest absolute Gasteiger partial charge is 0.458 e. The van der Waals surface area contributed by atoms with E-state index in [-0.39, 0.29) is 18.0 Å². The van der Waals surface area contributed by atoms with E-state index in [1.54, 1.807) is 0 Å². The summed E-state index contributed by atoms with van der Waals surface area (Å²) in [4.78, 5) is 11.2. The Hall–Kier alpha value is -1.05. The molecule has 2 nitrogen and oxygen atoms in total. The van der Waals surface area contributed by atoms with Crippen LogP contribution in [0.15, 0.2) is 24.3 Å². The maximum Gasteiger partial charge on any atom is 0.334 e. The topological polar surface area (TPSA) is 26.3 Å². The Kier molecular flexibility index (Phi) is 2.21. The minimum atomic E-state index is -0.183. The lowest BCUT2D eigenvalue weighted by Crippen LogP contribution is -2.17. The van der Waals surface area contributed by atoms with Crippen molar-refractivity contribution in [1.29, 1.82) is 0 Å². The molecule has 13 heavy (non-hydrogen) atoms. The SMILES string of the molecule is C=C1C(=O)O[C@H]2CC/C=C\CC[C@H]12. The lowest BCUT2D eigenvalue weighted by Gasteiger charge is -2.17. The second-order valence-corrected chi connectivity index (χ2v) is 3.70. The van der Waals surface area contributed by atoms with Gasteiger partial charge in [-0.15, -0.1) is 0 Å². The van der Waals surface area contributed by atoms with E-state index in [1.807, 2.05) is 0 Å². The number of esters is 1. The van der Waals surface area contributed by atoms with Gasteiger partial charge in [0.2, 0.25) is 0 Å². The van der Waals surface area contributed by atoms with Crippen molar-refractivity contribution in [1.82, 2.24) is 0 Å². The molecule has 0 radical (unpaired) electrons. The Morgan fingerprint density at radius 2 is 2.00 bits per heavy atom. The van der Waals surface area contributed by atoms with E-state index in [9.17, 15) is 4.79 Å². The summed E-state index contributed by atoms with van der Waals surface area (Å²) in [7, 11) is 0. The van der Waals surface area contributed by atoms with E-state index < -0.39 is 0 Å². The van der Waals surface area contributed by atoms with Crippen LogP contribution in [-0.2, 0) is 9.53 Å². The van der Waals surface area contributed by atoms with Crippen molar-refractivity contribution in [3.63, 3.8) is 0 Å². The fourth-order valence-electron chi connectivity index (χ4n) is 2.06. The van der Waals surface area contributed by atoms with Crippen LogP contribution < -0.4 is 0 Å². The Balaban J connectivity index is 2.14. The molecule has 1 heterocycles. The highest BCUT2D eigenvalue weighted by Crippen LogP contribution is 2.34. The third-order valence-electron chi connectivity index (χ3n) is 2.85. The van der Waals surface area contributed by atoms with Crippen molar-refractivity contribution >= 4 is 5.97 Å². The summed E-state index contributed by atoms with van der Waals surface area (Å²) in [5, 5.41) is 0. The van der Waals surface area contributed by atoms with Crippen LogP contribution in [0.25, 0.3) is 0 Å². The van der Waals surface area contributed by atoms with Gasteiger partial charge in [0, 0.05) is 11.5 Å². The summed E-state index contributed by atoms with van der Waals surface area (Å²) < 4.78 is 5.24. The molecule has 0 spiro atoms. The van der Waals surface area contributed by atoms with E-state index in [4.69, 9.17) is 4.74 Å². The van der Waals surface area contributed by atoms with Gasteiger partial charge in [-0.05, 0) is 25.7 Å². The summed E-state index contributed by atoms with van der Waals surface area (Å²) >= 11 is 0. The van der Waals surface area contributed by atoms with Crippen LogP contribution in [-0.4, -0.2) is 12.1 Å². The normalized spacial score (nSPS) is 36.0. The van der Waals surface area contributed by atoms with E-state index in [1.165, 1.54) is 0 Å². The quantitative estimate of drug-likeness (QED) is 0.323. The maximum atomic E-state index is 11.2.